The molecule has 0 saturated carbocycles. The van der Waals surface area contributed by atoms with Gasteiger partial charge in [0.1, 0.15) is 34.5 Å². The van der Waals surface area contributed by atoms with Gasteiger partial charge in [0.05, 0.1) is 22.7 Å². The van der Waals surface area contributed by atoms with E-state index in [4.69, 9.17) is 33.2 Å². The summed E-state index contributed by atoms with van der Waals surface area (Å²) in [6.07, 6.45) is 0. The van der Waals surface area contributed by atoms with Crippen molar-refractivity contribution in [3.05, 3.63) is 261 Å². The maximum Gasteiger partial charge on any atom is 0.256 e. The lowest BCUT2D eigenvalue weighted by atomic mass is 9.30. The van der Waals surface area contributed by atoms with Crippen LogP contribution in [0, 0.1) is 0 Å². The second-order valence-electron chi connectivity index (χ2n) is 21.4. The number of anilines is 9. The number of rotatable bonds is 9. The first-order valence-corrected chi connectivity index (χ1v) is 28.1. The molecule has 0 spiro atoms. The molecule has 84 heavy (non-hydrogen) atoms. The Bertz CT molecular complexity index is 4720. The van der Waals surface area contributed by atoms with Crippen molar-refractivity contribution in [3.63, 3.8) is 0 Å². The molecule has 394 valence electrons. The van der Waals surface area contributed by atoms with Crippen LogP contribution in [0.25, 0.3) is 0 Å². The van der Waals surface area contributed by atoms with E-state index < -0.39 is 0 Å². The van der Waals surface area contributed by atoms with E-state index >= 15 is 0 Å². The number of hydrogen-bond acceptors (Lipinski definition) is 10. The van der Waals surface area contributed by atoms with E-state index in [1.54, 1.807) is 0 Å². The zero-order valence-corrected chi connectivity index (χ0v) is 44.7. The maximum absolute atomic E-state index is 7.49. The summed E-state index contributed by atoms with van der Waals surface area (Å²) >= 11 is 0. The number of hydrogen-bond donors (Lipinski definition) is 0. The van der Waals surface area contributed by atoms with E-state index in [-0.39, 0.29) is 13.4 Å². The van der Waals surface area contributed by atoms with Crippen molar-refractivity contribution in [2.24, 2.45) is 0 Å². The third kappa shape index (κ3) is 7.07. The van der Waals surface area contributed by atoms with Crippen molar-refractivity contribution >= 4 is 97.4 Å². The molecule has 0 saturated heterocycles. The summed E-state index contributed by atoms with van der Waals surface area (Å²) in [5.74, 6) is 9.40. The first-order chi connectivity index (χ1) is 41.6. The third-order valence-corrected chi connectivity index (χ3v) is 16.6. The summed E-state index contributed by atoms with van der Waals surface area (Å²) in [4.78, 5) is 7.06. The van der Waals surface area contributed by atoms with Crippen molar-refractivity contribution in [1.82, 2.24) is 0 Å². The lowest BCUT2D eigenvalue weighted by Crippen LogP contribution is -2.64. The molecule has 6 aliphatic rings. The van der Waals surface area contributed by atoms with Gasteiger partial charge in [0.25, 0.3) is 13.4 Å². The number of benzene rings is 12. The topological polar surface area (TPSA) is 74.3 Å². The molecular weight excluding hydrogens is 1040 g/mol. The third-order valence-electron chi connectivity index (χ3n) is 16.6. The summed E-state index contributed by atoms with van der Waals surface area (Å²) in [6.45, 7) is -0.556. The van der Waals surface area contributed by atoms with Crippen molar-refractivity contribution in [3.8, 4) is 80.5 Å². The van der Waals surface area contributed by atoms with Crippen LogP contribution in [0.1, 0.15) is 0 Å². The summed E-state index contributed by atoms with van der Waals surface area (Å²) in [6, 6.07) is 88.2. The minimum absolute atomic E-state index is 0.270. The Morgan fingerprint density at radius 1 is 0.250 bits per heavy atom. The largest absolute Gasteiger partial charge is 0.458 e. The molecular formula is C72H43B2N3O7. The molecule has 0 N–H and O–H groups in total. The van der Waals surface area contributed by atoms with Crippen LogP contribution >= 0.6 is 0 Å². The maximum atomic E-state index is 7.49. The molecule has 18 rings (SSSR count). The fourth-order valence-electron chi connectivity index (χ4n) is 13.3. The van der Waals surface area contributed by atoms with Crippen LogP contribution in [0.15, 0.2) is 261 Å². The molecule has 0 amide bonds. The van der Waals surface area contributed by atoms with Crippen LogP contribution in [0.3, 0.4) is 0 Å². The van der Waals surface area contributed by atoms with Gasteiger partial charge >= 0.3 is 0 Å². The van der Waals surface area contributed by atoms with Gasteiger partial charge in [-0.3, -0.25) is 0 Å². The Hall–Kier alpha value is -11.2. The normalized spacial score (nSPS) is 13.4. The van der Waals surface area contributed by atoms with Gasteiger partial charge in [0.15, 0.2) is 46.0 Å². The second kappa shape index (κ2) is 18.1. The smallest absolute Gasteiger partial charge is 0.256 e. The minimum Gasteiger partial charge on any atom is -0.458 e. The fraction of sp³-hybridized carbons (Fsp3) is 0. The van der Waals surface area contributed by atoms with Gasteiger partial charge in [-0.05, 0) is 130 Å². The summed E-state index contributed by atoms with van der Waals surface area (Å²) in [5, 5.41) is 0. The van der Waals surface area contributed by atoms with E-state index in [1.807, 2.05) is 140 Å². The molecule has 12 heteroatoms. The highest BCUT2D eigenvalue weighted by Gasteiger charge is 2.50. The van der Waals surface area contributed by atoms with Crippen LogP contribution in [-0.4, -0.2) is 13.4 Å². The average Bonchev–Trinajstić information content (AvgIpc) is 0.850. The Morgan fingerprint density at radius 2 is 0.667 bits per heavy atom. The van der Waals surface area contributed by atoms with E-state index in [2.05, 4.69) is 136 Å². The lowest BCUT2D eigenvalue weighted by Gasteiger charge is -2.47. The summed E-state index contributed by atoms with van der Waals surface area (Å²) in [7, 11) is 0. The molecule has 12 aromatic rings. The molecule has 12 aromatic carbocycles. The first kappa shape index (κ1) is 46.5. The number of fused-ring (bicyclic) bond motifs is 12. The van der Waals surface area contributed by atoms with E-state index in [0.717, 1.165) is 113 Å². The molecule has 6 heterocycles. The van der Waals surface area contributed by atoms with Crippen molar-refractivity contribution in [2.75, 3.05) is 14.7 Å². The molecule has 0 aliphatic carbocycles. The molecule has 10 nitrogen and oxygen atoms in total. The van der Waals surface area contributed by atoms with Gasteiger partial charge in [-0.15, -0.1) is 0 Å². The average molecular weight is 1080 g/mol. The van der Waals surface area contributed by atoms with E-state index in [9.17, 15) is 0 Å². The number of nitrogens with zero attached hydrogens (tertiary/aromatic N) is 3. The highest BCUT2D eigenvalue weighted by molar-refractivity contribution is 7.02. The quantitative estimate of drug-likeness (QED) is 0.131. The minimum atomic E-state index is -0.285. The zero-order chi connectivity index (χ0) is 55.0. The van der Waals surface area contributed by atoms with Gasteiger partial charge in [0, 0.05) is 58.8 Å². The van der Waals surface area contributed by atoms with Crippen LogP contribution < -0.4 is 80.6 Å². The van der Waals surface area contributed by atoms with Gasteiger partial charge < -0.3 is 47.9 Å². The first-order valence-electron chi connectivity index (χ1n) is 28.1. The van der Waals surface area contributed by atoms with Crippen molar-refractivity contribution < 1.29 is 33.2 Å². The second-order valence-corrected chi connectivity index (χ2v) is 21.4. The summed E-state index contributed by atoms with van der Waals surface area (Å²) < 4.78 is 48.3. The predicted molar refractivity (Wildman–Crippen MR) is 333 cm³/mol. The van der Waals surface area contributed by atoms with Crippen molar-refractivity contribution in [2.45, 2.75) is 0 Å². The molecule has 0 bridgehead atoms. The molecule has 0 unspecified atom stereocenters. The predicted octanol–water partition coefficient (Wildman–Crippen LogP) is 15.6. The van der Waals surface area contributed by atoms with Crippen molar-refractivity contribution in [1.29, 1.82) is 0 Å². The highest BCUT2D eigenvalue weighted by atomic mass is 16.5. The Labute approximate surface area is 484 Å². The van der Waals surface area contributed by atoms with Gasteiger partial charge in [0.2, 0.25) is 0 Å². The zero-order valence-electron chi connectivity index (χ0n) is 44.7. The number of ether oxygens (including phenoxy) is 7. The van der Waals surface area contributed by atoms with Crippen LogP contribution in [0.4, 0.5) is 51.2 Å². The van der Waals surface area contributed by atoms with Crippen LogP contribution in [0.2, 0.25) is 0 Å². The van der Waals surface area contributed by atoms with Gasteiger partial charge in [-0.2, -0.15) is 0 Å². The van der Waals surface area contributed by atoms with Gasteiger partial charge in [-0.25, -0.2) is 0 Å². The Morgan fingerprint density at radius 3 is 1.21 bits per heavy atom. The van der Waals surface area contributed by atoms with Crippen LogP contribution in [-0.2, 0) is 0 Å². The Kier molecular flexibility index (Phi) is 10.0. The van der Waals surface area contributed by atoms with E-state index in [0.29, 0.717) is 51.7 Å². The van der Waals surface area contributed by atoms with Crippen LogP contribution in [0.5, 0.6) is 80.5 Å². The molecule has 0 atom stereocenters. The fourth-order valence-corrected chi connectivity index (χ4v) is 13.3. The SMILES string of the molecule is c1ccc(Oc2ccccc2Oc2cc3c4c(c2)N2c5ccccc5Oc5cccc(c52)B4c2cc4c(cc2O3)N(c2ccccc2)c2cc(Oc3ccccc3Oc3ccccc3)cc3c2B4c2cccc4c2N3c2ccccc2O4)cc1. The Balaban J connectivity index is 0.863. The molecule has 0 aromatic heterocycles. The summed E-state index contributed by atoms with van der Waals surface area (Å²) in [5.41, 5.74) is 15.1. The lowest BCUT2D eigenvalue weighted by molar-refractivity contribution is 0.416. The number of para-hydroxylation sites is 13. The van der Waals surface area contributed by atoms with Gasteiger partial charge in [-0.1, -0.05) is 133 Å². The highest BCUT2D eigenvalue weighted by Crippen LogP contribution is 2.56. The molecule has 0 fully saturated rings. The molecule has 6 aliphatic heterocycles. The standard InChI is InChI=1S/C72H43B2N3O7/c1-4-20-44(21-5-1)75-55-43-67-52(74-50-27-19-37-66-72(50)77(54-29-11-13-31-60(54)83-66)58-40-48(41-68(84-67)70(58)74)81-64-35-17-15-33-62(64)79-46-24-8-3-9-25-46)42-51(55)73-49-26-18-36-65-71(49)76(53-28-10-12-30-59(53)82-65)57-39-47(38-56(75)69(57)73)80-63-34-16-14-32-61(63)78-45-22-6-2-7-23-45/h1-43H. The monoisotopic (exact) mass is 1080 g/mol. The molecule has 0 radical (unpaired) electrons. The van der Waals surface area contributed by atoms with E-state index in [1.165, 1.54) is 0 Å².